The van der Waals surface area contributed by atoms with E-state index in [4.69, 9.17) is 0 Å². The van der Waals surface area contributed by atoms with E-state index in [2.05, 4.69) is 20.6 Å². The van der Waals surface area contributed by atoms with Gasteiger partial charge in [-0.15, -0.1) is 0 Å². The molecule has 2 N–H and O–H groups in total. The summed E-state index contributed by atoms with van der Waals surface area (Å²) in [5.74, 6) is -0.106. The van der Waals surface area contributed by atoms with Crippen LogP contribution in [0.25, 0.3) is 0 Å². The number of nitrogens with one attached hydrogen (secondary N) is 2. The number of halogens is 1. The van der Waals surface area contributed by atoms with Crippen LogP contribution in [0.15, 0.2) is 36.7 Å². The zero-order valence-electron chi connectivity index (χ0n) is 14.4. The van der Waals surface area contributed by atoms with Crippen molar-refractivity contribution in [1.29, 1.82) is 0 Å². The molecule has 134 valence electrons. The molecule has 1 aromatic carbocycles. The summed E-state index contributed by atoms with van der Waals surface area (Å²) in [6, 6.07) is 6.22. The molecule has 1 saturated heterocycles. The van der Waals surface area contributed by atoms with Crippen LogP contribution >= 0.6 is 0 Å². The Kier molecular flexibility index (Phi) is 5.53. The highest BCUT2D eigenvalue weighted by atomic mass is 19.1. The first kappa shape index (κ1) is 17.3. The van der Waals surface area contributed by atoms with Crippen LogP contribution in [0.1, 0.15) is 19.8 Å². The lowest BCUT2D eigenvalue weighted by molar-refractivity contribution is 0.249. The van der Waals surface area contributed by atoms with Crippen molar-refractivity contribution in [3.05, 3.63) is 42.5 Å². The Balaban J connectivity index is 1.52. The van der Waals surface area contributed by atoms with E-state index in [9.17, 15) is 9.18 Å². The van der Waals surface area contributed by atoms with Crippen LogP contribution in [0.2, 0.25) is 0 Å². The van der Waals surface area contributed by atoms with Gasteiger partial charge in [-0.25, -0.2) is 9.18 Å². The van der Waals surface area contributed by atoms with Gasteiger partial charge in [0, 0.05) is 49.9 Å². The number of nitrogens with zero attached hydrogens (tertiary/aromatic N) is 3. The summed E-state index contributed by atoms with van der Waals surface area (Å²) in [5, 5.41) is 9.70. The molecule has 2 aromatic rings. The minimum atomic E-state index is -0.341. The number of benzene rings is 1. The summed E-state index contributed by atoms with van der Waals surface area (Å²) in [6.45, 7) is 5.14. The largest absolute Gasteiger partial charge is 0.371 e. The first-order chi connectivity index (χ1) is 12.1. The Morgan fingerprint density at radius 2 is 2.12 bits per heavy atom. The molecule has 0 radical (unpaired) electrons. The molecule has 1 aromatic heterocycles. The lowest BCUT2D eigenvalue weighted by Gasteiger charge is -2.19. The molecule has 1 aliphatic heterocycles. The second-order valence-corrected chi connectivity index (χ2v) is 6.56. The molecule has 2 heterocycles. The monoisotopic (exact) mass is 345 g/mol. The van der Waals surface area contributed by atoms with Gasteiger partial charge in [0.2, 0.25) is 0 Å². The van der Waals surface area contributed by atoms with Gasteiger partial charge < -0.3 is 15.5 Å². The van der Waals surface area contributed by atoms with Crippen molar-refractivity contribution in [2.24, 2.45) is 5.92 Å². The summed E-state index contributed by atoms with van der Waals surface area (Å²) in [6.07, 6.45) is 5.86. The van der Waals surface area contributed by atoms with E-state index >= 15 is 0 Å². The molecule has 0 saturated carbocycles. The lowest BCUT2D eigenvalue weighted by atomic mass is 10.2. The van der Waals surface area contributed by atoms with E-state index in [0.717, 1.165) is 38.2 Å². The summed E-state index contributed by atoms with van der Waals surface area (Å²) >= 11 is 0. The summed E-state index contributed by atoms with van der Waals surface area (Å²) in [4.78, 5) is 14.2. The lowest BCUT2D eigenvalue weighted by Crippen LogP contribution is -2.33. The topological polar surface area (TPSA) is 62.2 Å². The van der Waals surface area contributed by atoms with Gasteiger partial charge in [-0.05, 0) is 43.0 Å². The normalized spacial score (nSPS) is 15.2. The Labute approximate surface area is 147 Å². The Hall–Kier alpha value is -2.57. The van der Waals surface area contributed by atoms with Gasteiger partial charge in [0.15, 0.2) is 0 Å². The van der Waals surface area contributed by atoms with Crippen LogP contribution in [-0.2, 0) is 6.54 Å². The van der Waals surface area contributed by atoms with Crippen molar-refractivity contribution in [2.75, 3.05) is 29.9 Å². The maximum absolute atomic E-state index is 13.8. The summed E-state index contributed by atoms with van der Waals surface area (Å²) in [7, 11) is 0. The number of anilines is 2. The molecular weight excluding hydrogens is 321 g/mol. The predicted molar refractivity (Wildman–Crippen MR) is 96.3 cm³/mol. The summed E-state index contributed by atoms with van der Waals surface area (Å²) in [5.41, 5.74) is 1.29. The van der Waals surface area contributed by atoms with Crippen molar-refractivity contribution in [3.8, 4) is 0 Å². The minimum Gasteiger partial charge on any atom is -0.371 e. The molecule has 1 fully saturated rings. The Morgan fingerprint density at radius 3 is 2.84 bits per heavy atom. The van der Waals surface area contributed by atoms with Crippen LogP contribution in [0.4, 0.5) is 20.6 Å². The molecule has 1 aliphatic rings. The molecule has 7 heteroatoms. The van der Waals surface area contributed by atoms with E-state index in [-0.39, 0.29) is 17.8 Å². The van der Waals surface area contributed by atoms with Crippen molar-refractivity contribution in [2.45, 2.75) is 26.3 Å². The van der Waals surface area contributed by atoms with Crippen LogP contribution in [0.5, 0.6) is 0 Å². The average Bonchev–Trinajstić information content (AvgIpc) is 3.26. The Bertz CT molecular complexity index is 697. The number of rotatable bonds is 6. The molecule has 0 bridgehead atoms. The van der Waals surface area contributed by atoms with Gasteiger partial charge in [-0.3, -0.25) is 4.68 Å². The van der Waals surface area contributed by atoms with Gasteiger partial charge in [0.05, 0.1) is 0 Å². The first-order valence-electron chi connectivity index (χ1n) is 8.68. The second-order valence-electron chi connectivity index (χ2n) is 6.56. The molecule has 0 aliphatic carbocycles. The highest BCUT2D eigenvalue weighted by Gasteiger charge is 2.15. The zero-order chi connectivity index (χ0) is 17.6. The molecule has 6 nitrogen and oxygen atoms in total. The van der Waals surface area contributed by atoms with E-state index in [1.165, 1.54) is 12.1 Å². The average molecular weight is 345 g/mol. The fraction of sp³-hybridized carbons (Fsp3) is 0.444. The third-order valence-corrected chi connectivity index (χ3v) is 4.28. The number of urea groups is 1. The van der Waals surface area contributed by atoms with Gasteiger partial charge in [-0.2, -0.15) is 5.10 Å². The zero-order valence-corrected chi connectivity index (χ0v) is 14.4. The fourth-order valence-electron chi connectivity index (χ4n) is 3.04. The number of amides is 2. The highest BCUT2D eigenvalue weighted by Crippen LogP contribution is 2.25. The van der Waals surface area contributed by atoms with Crippen LogP contribution < -0.4 is 15.5 Å². The van der Waals surface area contributed by atoms with E-state index < -0.39 is 0 Å². The van der Waals surface area contributed by atoms with E-state index in [0.29, 0.717) is 12.2 Å². The third-order valence-electron chi connectivity index (χ3n) is 4.28. The maximum Gasteiger partial charge on any atom is 0.319 e. The Morgan fingerprint density at radius 1 is 1.32 bits per heavy atom. The molecule has 3 rings (SSSR count). The van der Waals surface area contributed by atoms with Crippen LogP contribution in [0, 0.1) is 11.7 Å². The molecule has 25 heavy (non-hydrogen) atoms. The van der Waals surface area contributed by atoms with Crippen molar-refractivity contribution in [1.82, 2.24) is 15.1 Å². The van der Waals surface area contributed by atoms with E-state index in [1.54, 1.807) is 6.20 Å². The van der Waals surface area contributed by atoms with Gasteiger partial charge in [0.1, 0.15) is 5.82 Å². The molecule has 1 atom stereocenters. The van der Waals surface area contributed by atoms with Gasteiger partial charge in [0.25, 0.3) is 0 Å². The quantitative estimate of drug-likeness (QED) is 0.846. The van der Waals surface area contributed by atoms with Crippen molar-refractivity contribution < 1.29 is 9.18 Å². The van der Waals surface area contributed by atoms with Crippen molar-refractivity contribution in [3.63, 3.8) is 0 Å². The van der Waals surface area contributed by atoms with Crippen molar-refractivity contribution >= 4 is 17.4 Å². The molecular formula is C18H24FN5O. The predicted octanol–water partition coefficient (Wildman–Crippen LogP) is 3.08. The van der Waals surface area contributed by atoms with Crippen LogP contribution in [0.3, 0.4) is 0 Å². The van der Waals surface area contributed by atoms with Gasteiger partial charge in [-0.1, -0.05) is 6.92 Å². The van der Waals surface area contributed by atoms with Gasteiger partial charge >= 0.3 is 6.03 Å². The standard InChI is InChI=1S/C18H24FN5O/c1-14(13-24-8-4-5-21-24)12-20-18(25)22-16-9-15(19)10-17(11-16)23-6-2-3-7-23/h4-5,8-11,14H,2-3,6-7,12-13H2,1H3,(H2,20,22,25)/t14-/m1/s1. The first-order valence-corrected chi connectivity index (χ1v) is 8.68. The molecule has 0 spiro atoms. The fourth-order valence-corrected chi connectivity index (χ4v) is 3.04. The smallest absolute Gasteiger partial charge is 0.319 e. The molecule has 0 unspecified atom stereocenters. The maximum atomic E-state index is 13.8. The number of hydrogen-bond donors (Lipinski definition) is 2. The highest BCUT2D eigenvalue weighted by molar-refractivity contribution is 5.89. The number of hydrogen-bond acceptors (Lipinski definition) is 3. The minimum absolute atomic E-state index is 0.235. The van der Waals surface area contributed by atoms with E-state index in [1.807, 2.05) is 29.9 Å². The SMILES string of the molecule is C[C@H](CNC(=O)Nc1cc(F)cc(N2CCCC2)c1)Cn1cccn1. The number of aromatic nitrogens is 2. The third kappa shape index (κ3) is 4.95. The number of carbonyl (C=O) groups is 1. The van der Waals surface area contributed by atoms with Crippen LogP contribution in [-0.4, -0.2) is 35.4 Å². The number of carbonyl (C=O) groups excluding carboxylic acids is 1. The summed E-state index contributed by atoms with van der Waals surface area (Å²) < 4.78 is 15.7. The molecule has 2 amide bonds. The second kappa shape index (κ2) is 8.00.